The normalized spacial score (nSPS) is 21.2. The third kappa shape index (κ3) is 3.35. The van der Waals surface area contributed by atoms with E-state index < -0.39 is 0 Å². The van der Waals surface area contributed by atoms with Crippen LogP contribution in [0, 0.1) is 3.95 Å². The molecule has 5 nitrogen and oxygen atoms in total. The minimum absolute atomic E-state index is 0.127. The number of nitrogens with zero attached hydrogens (tertiary/aromatic N) is 3. The summed E-state index contributed by atoms with van der Waals surface area (Å²) in [5.74, 6) is 0.186. The molecule has 1 N–H and O–H groups in total. The molecule has 1 atom stereocenters. The van der Waals surface area contributed by atoms with Crippen molar-refractivity contribution in [3.63, 3.8) is 0 Å². The van der Waals surface area contributed by atoms with E-state index in [9.17, 15) is 5.11 Å². The Kier molecular flexibility index (Phi) is 4.61. The number of aromatic nitrogens is 1. The van der Waals surface area contributed by atoms with Crippen LogP contribution in [0.25, 0.3) is 6.08 Å². The van der Waals surface area contributed by atoms with E-state index in [1.165, 1.54) is 11.3 Å². The largest absolute Gasteiger partial charge is 0.493 e. The van der Waals surface area contributed by atoms with Crippen LogP contribution >= 0.6 is 23.6 Å². The predicted octanol–water partition coefficient (Wildman–Crippen LogP) is 4.04. The average Bonchev–Trinajstić information content (AvgIpc) is 3.35. The molecule has 0 spiro atoms. The van der Waals surface area contributed by atoms with E-state index in [-0.39, 0.29) is 12.0 Å². The van der Waals surface area contributed by atoms with E-state index in [1.807, 2.05) is 36.4 Å². The molecule has 128 valence electrons. The van der Waals surface area contributed by atoms with E-state index in [4.69, 9.17) is 17.0 Å². The molecular weight excluding hydrogens is 354 g/mol. The van der Waals surface area contributed by atoms with Crippen molar-refractivity contribution < 1.29 is 9.84 Å². The number of benzene rings is 1. The topological polar surface area (TPSA) is 59.1 Å². The molecule has 1 aromatic heterocycles. The van der Waals surface area contributed by atoms with E-state index in [2.05, 4.69) is 10.2 Å². The number of hydrogen-bond donors (Lipinski definition) is 1. The maximum atomic E-state index is 10.6. The molecule has 1 aromatic carbocycles. The first-order chi connectivity index (χ1) is 12.2. The standard InChI is InChI=1S/C18H17N3O2S2/c22-17-15(25-18(24)21(17)11-14-7-4-8-23-14)9-13-10-19-20-16(13)12-5-2-1-3-6-12/h1-3,5-6,9-10,14,22H,4,7-8,11H2/t14-/m0/s1. The molecular formula is C18H17N3O2S2. The molecule has 0 saturated carbocycles. The fourth-order valence-electron chi connectivity index (χ4n) is 3.00. The van der Waals surface area contributed by atoms with Crippen LogP contribution in [0.15, 0.2) is 46.1 Å². The zero-order valence-electron chi connectivity index (χ0n) is 13.5. The first kappa shape index (κ1) is 16.4. The molecule has 3 heterocycles. The van der Waals surface area contributed by atoms with Crippen molar-refractivity contribution in [1.29, 1.82) is 0 Å². The highest BCUT2D eigenvalue weighted by atomic mass is 32.1. The van der Waals surface area contributed by atoms with Gasteiger partial charge in [-0.2, -0.15) is 5.10 Å². The fraction of sp³-hybridized carbons (Fsp3) is 0.278. The molecule has 0 amide bonds. The maximum absolute atomic E-state index is 10.6. The molecule has 0 aliphatic carbocycles. The molecule has 2 aromatic rings. The quantitative estimate of drug-likeness (QED) is 0.826. The summed E-state index contributed by atoms with van der Waals surface area (Å²) >= 11 is 6.82. The molecule has 2 aliphatic rings. The number of aromatic hydroxyl groups is 1. The molecule has 7 heteroatoms. The van der Waals surface area contributed by atoms with Crippen LogP contribution in [0.1, 0.15) is 23.3 Å². The minimum Gasteiger partial charge on any atom is -0.493 e. The number of thiazole rings is 1. The van der Waals surface area contributed by atoms with Gasteiger partial charge in [-0.15, -0.1) is 16.4 Å². The second kappa shape index (κ2) is 7.03. The summed E-state index contributed by atoms with van der Waals surface area (Å²) < 4.78 is 8.06. The highest BCUT2D eigenvalue weighted by molar-refractivity contribution is 7.73. The average molecular weight is 371 g/mol. The number of ether oxygens (including phenoxy) is 1. The first-order valence-corrected chi connectivity index (χ1v) is 9.37. The van der Waals surface area contributed by atoms with Crippen molar-refractivity contribution in [2.45, 2.75) is 25.5 Å². The van der Waals surface area contributed by atoms with Gasteiger partial charge in [0.05, 0.1) is 23.7 Å². The highest BCUT2D eigenvalue weighted by Crippen LogP contribution is 2.31. The Balaban J connectivity index is 1.64. The molecule has 0 radical (unpaired) electrons. The zero-order chi connectivity index (χ0) is 17.2. The van der Waals surface area contributed by atoms with Crippen LogP contribution < -0.4 is 0 Å². The summed E-state index contributed by atoms with van der Waals surface area (Å²) in [7, 11) is 0. The van der Waals surface area contributed by atoms with Gasteiger partial charge in [0.25, 0.3) is 0 Å². The van der Waals surface area contributed by atoms with Gasteiger partial charge in [0.2, 0.25) is 5.88 Å². The fourth-order valence-corrected chi connectivity index (χ4v) is 4.27. The van der Waals surface area contributed by atoms with Crippen LogP contribution in [0.5, 0.6) is 5.88 Å². The summed E-state index contributed by atoms with van der Waals surface area (Å²) in [5.41, 5.74) is 2.65. The molecule has 4 rings (SSSR count). The Bertz CT molecular complexity index is 920. The Morgan fingerprint density at radius 3 is 2.96 bits per heavy atom. The van der Waals surface area contributed by atoms with Crippen molar-refractivity contribution in [2.75, 3.05) is 6.61 Å². The summed E-state index contributed by atoms with van der Waals surface area (Å²) in [6.45, 7) is 1.38. The summed E-state index contributed by atoms with van der Waals surface area (Å²) in [6, 6.07) is 9.88. The van der Waals surface area contributed by atoms with Crippen LogP contribution in [0.4, 0.5) is 0 Å². The van der Waals surface area contributed by atoms with Crippen LogP contribution in [-0.2, 0) is 11.3 Å². The Labute approximate surface area is 154 Å². The molecule has 0 bridgehead atoms. The summed E-state index contributed by atoms with van der Waals surface area (Å²) in [6.07, 6.45) is 5.79. The lowest BCUT2D eigenvalue weighted by Crippen LogP contribution is -2.14. The minimum atomic E-state index is 0.127. The summed E-state index contributed by atoms with van der Waals surface area (Å²) in [4.78, 5) is 0.718. The smallest absolute Gasteiger partial charge is 0.210 e. The summed E-state index contributed by atoms with van der Waals surface area (Å²) in [5, 5.41) is 18.8. The molecule has 1 fully saturated rings. The van der Waals surface area contributed by atoms with Crippen LogP contribution in [-0.4, -0.2) is 34.3 Å². The van der Waals surface area contributed by atoms with Gasteiger partial charge in [0.1, 0.15) is 5.71 Å². The second-order valence-electron chi connectivity index (χ2n) is 5.96. The zero-order valence-corrected chi connectivity index (χ0v) is 15.1. The first-order valence-electron chi connectivity index (χ1n) is 8.15. The molecule has 1 saturated heterocycles. The SMILES string of the molecule is Oc1c(C=C2C=NN=C2c2ccccc2)sc(=S)n1C[C@@H]1CCCO1. The van der Waals surface area contributed by atoms with E-state index in [0.29, 0.717) is 10.5 Å². The molecule has 2 aliphatic heterocycles. The molecule has 25 heavy (non-hydrogen) atoms. The lowest BCUT2D eigenvalue weighted by molar-refractivity contribution is 0.0948. The van der Waals surface area contributed by atoms with Gasteiger partial charge in [-0.3, -0.25) is 4.57 Å². The third-order valence-corrected chi connectivity index (χ3v) is 5.65. The van der Waals surface area contributed by atoms with Crippen molar-refractivity contribution in [3.05, 3.63) is 50.3 Å². The van der Waals surface area contributed by atoms with Gasteiger partial charge in [-0.05, 0) is 31.1 Å². The lowest BCUT2D eigenvalue weighted by atomic mass is 10.0. The Morgan fingerprint density at radius 1 is 1.36 bits per heavy atom. The van der Waals surface area contributed by atoms with Gasteiger partial charge >= 0.3 is 0 Å². The van der Waals surface area contributed by atoms with Crippen LogP contribution in [0.2, 0.25) is 0 Å². The van der Waals surface area contributed by atoms with Crippen molar-refractivity contribution >= 4 is 41.6 Å². The number of allylic oxidation sites excluding steroid dienone is 1. The Hall–Kier alpha value is -2.09. The maximum Gasteiger partial charge on any atom is 0.210 e. The second-order valence-corrected chi connectivity index (χ2v) is 7.64. The van der Waals surface area contributed by atoms with E-state index in [0.717, 1.165) is 41.2 Å². The Morgan fingerprint density at radius 2 is 2.20 bits per heavy atom. The monoisotopic (exact) mass is 371 g/mol. The van der Waals surface area contributed by atoms with Crippen molar-refractivity contribution in [2.24, 2.45) is 10.2 Å². The van der Waals surface area contributed by atoms with Crippen molar-refractivity contribution in [3.8, 4) is 5.88 Å². The third-order valence-electron chi connectivity index (χ3n) is 4.27. The van der Waals surface area contributed by atoms with Gasteiger partial charge in [-0.25, -0.2) is 0 Å². The predicted molar refractivity (Wildman–Crippen MR) is 103 cm³/mol. The number of hydrogen-bond acceptors (Lipinski definition) is 6. The van der Waals surface area contributed by atoms with Crippen molar-refractivity contribution in [1.82, 2.24) is 4.57 Å². The molecule has 0 unspecified atom stereocenters. The van der Waals surface area contributed by atoms with Crippen LogP contribution in [0.3, 0.4) is 0 Å². The van der Waals surface area contributed by atoms with Gasteiger partial charge in [0.15, 0.2) is 3.95 Å². The van der Waals surface area contributed by atoms with Gasteiger partial charge in [0, 0.05) is 17.7 Å². The van der Waals surface area contributed by atoms with E-state index in [1.54, 1.807) is 10.8 Å². The number of rotatable bonds is 4. The van der Waals surface area contributed by atoms with Gasteiger partial charge < -0.3 is 9.84 Å². The highest BCUT2D eigenvalue weighted by Gasteiger charge is 2.21. The van der Waals surface area contributed by atoms with Gasteiger partial charge in [-0.1, -0.05) is 30.3 Å². The lowest BCUT2D eigenvalue weighted by Gasteiger charge is -2.11. The van der Waals surface area contributed by atoms with E-state index >= 15 is 0 Å².